The number of nitrogens with zero attached hydrogens (tertiary/aromatic N) is 2. The molecule has 0 radical (unpaired) electrons. The normalized spacial score (nSPS) is 24.7. The average Bonchev–Trinajstić information content (AvgIpc) is 2.90. The van der Waals surface area contributed by atoms with E-state index in [-0.39, 0.29) is 5.91 Å². The molecule has 0 bridgehead atoms. The molecule has 1 aromatic rings. The second-order valence-corrected chi connectivity index (χ2v) is 6.51. The van der Waals surface area contributed by atoms with Crippen molar-refractivity contribution >= 4 is 5.91 Å². The molecule has 3 rings (SSSR count). The van der Waals surface area contributed by atoms with Crippen LogP contribution in [0.3, 0.4) is 0 Å². The smallest absolute Gasteiger partial charge is 0.253 e. The van der Waals surface area contributed by atoms with Crippen LogP contribution in [-0.2, 0) is 6.42 Å². The van der Waals surface area contributed by atoms with E-state index in [2.05, 4.69) is 24.9 Å². The van der Waals surface area contributed by atoms with Crippen molar-refractivity contribution in [2.75, 3.05) is 13.1 Å². The SMILES string of the molecule is CCCc1cc(C(=O)N2C[C@H]3CC(C)=CC[C@H]3C2)ccn1. The topological polar surface area (TPSA) is 33.2 Å². The van der Waals surface area contributed by atoms with E-state index in [1.54, 1.807) is 6.20 Å². The predicted molar refractivity (Wildman–Crippen MR) is 84.1 cm³/mol. The van der Waals surface area contributed by atoms with Gasteiger partial charge in [-0.15, -0.1) is 0 Å². The maximum Gasteiger partial charge on any atom is 0.253 e. The summed E-state index contributed by atoms with van der Waals surface area (Å²) in [5.74, 6) is 1.51. The van der Waals surface area contributed by atoms with Crippen molar-refractivity contribution in [2.24, 2.45) is 11.8 Å². The van der Waals surface area contributed by atoms with E-state index in [0.29, 0.717) is 11.8 Å². The molecule has 1 amide bonds. The lowest BCUT2D eigenvalue weighted by molar-refractivity contribution is 0.0784. The molecule has 3 nitrogen and oxygen atoms in total. The zero-order chi connectivity index (χ0) is 14.8. The van der Waals surface area contributed by atoms with Crippen molar-refractivity contribution < 1.29 is 4.79 Å². The Labute approximate surface area is 127 Å². The van der Waals surface area contributed by atoms with Gasteiger partial charge in [0.1, 0.15) is 0 Å². The zero-order valence-corrected chi connectivity index (χ0v) is 13.0. The van der Waals surface area contributed by atoms with Crippen LogP contribution in [0.1, 0.15) is 49.2 Å². The molecule has 0 N–H and O–H groups in total. The number of aryl methyl sites for hydroxylation is 1. The number of carbonyl (C=O) groups excluding carboxylic acids is 1. The van der Waals surface area contributed by atoms with Gasteiger partial charge in [-0.3, -0.25) is 9.78 Å². The van der Waals surface area contributed by atoms with Gasteiger partial charge in [0.2, 0.25) is 0 Å². The summed E-state index contributed by atoms with van der Waals surface area (Å²) in [6, 6.07) is 3.82. The molecule has 1 fully saturated rings. The van der Waals surface area contributed by atoms with E-state index in [1.165, 1.54) is 5.57 Å². The average molecular weight is 284 g/mol. The number of amides is 1. The Balaban J connectivity index is 1.71. The Morgan fingerprint density at radius 3 is 3.00 bits per heavy atom. The van der Waals surface area contributed by atoms with Crippen LogP contribution < -0.4 is 0 Å². The maximum absolute atomic E-state index is 12.7. The van der Waals surface area contributed by atoms with Crippen molar-refractivity contribution in [1.29, 1.82) is 0 Å². The first-order valence-electron chi connectivity index (χ1n) is 8.07. The number of likely N-dealkylation sites (tertiary alicyclic amines) is 1. The first-order valence-corrected chi connectivity index (χ1v) is 8.07. The molecule has 0 aromatic carbocycles. The maximum atomic E-state index is 12.7. The van der Waals surface area contributed by atoms with Crippen LogP contribution in [0.2, 0.25) is 0 Å². The minimum absolute atomic E-state index is 0.182. The van der Waals surface area contributed by atoms with Gasteiger partial charge in [0, 0.05) is 30.5 Å². The van der Waals surface area contributed by atoms with Crippen molar-refractivity contribution in [1.82, 2.24) is 9.88 Å². The number of hydrogen-bond donors (Lipinski definition) is 0. The Bertz CT molecular complexity index is 564. The summed E-state index contributed by atoms with van der Waals surface area (Å²) in [6.07, 6.45) is 8.41. The number of fused-ring (bicyclic) bond motifs is 1. The molecule has 21 heavy (non-hydrogen) atoms. The molecule has 3 heteroatoms. The van der Waals surface area contributed by atoms with Crippen LogP contribution in [0.5, 0.6) is 0 Å². The monoisotopic (exact) mass is 284 g/mol. The number of rotatable bonds is 3. The number of carbonyl (C=O) groups is 1. The summed E-state index contributed by atoms with van der Waals surface area (Å²) >= 11 is 0. The van der Waals surface area contributed by atoms with Gasteiger partial charge in [-0.05, 0) is 50.2 Å². The summed E-state index contributed by atoms with van der Waals surface area (Å²) < 4.78 is 0. The Hall–Kier alpha value is -1.64. The summed E-state index contributed by atoms with van der Waals surface area (Å²) in [5, 5.41) is 0. The van der Waals surface area contributed by atoms with Crippen LogP contribution in [0.25, 0.3) is 0 Å². The van der Waals surface area contributed by atoms with Crippen molar-refractivity contribution in [3.8, 4) is 0 Å². The van der Waals surface area contributed by atoms with Crippen LogP contribution in [-0.4, -0.2) is 28.9 Å². The standard InChI is InChI=1S/C18H24N2O/c1-3-4-17-10-14(7-8-19-17)18(21)20-11-15-6-5-13(2)9-16(15)12-20/h5,7-8,10,15-16H,3-4,6,9,11-12H2,1-2H3/t15-,16+/m0/s1. The number of hydrogen-bond acceptors (Lipinski definition) is 2. The molecule has 112 valence electrons. The molecule has 2 atom stereocenters. The second kappa shape index (κ2) is 6.00. The van der Waals surface area contributed by atoms with Gasteiger partial charge in [-0.2, -0.15) is 0 Å². The first kappa shape index (κ1) is 14.3. The summed E-state index contributed by atoms with van der Waals surface area (Å²) in [4.78, 5) is 19.1. The largest absolute Gasteiger partial charge is 0.338 e. The minimum atomic E-state index is 0.182. The molecule has 0 spiro atoms. The van der Waals surface area contributed by atoms with Crippen LogP contribution in [0, 0.1) is 11.8 Å². The van der Waals surface area contributed by atoms with Gasteiger partial charge in [0.15, 0.2) is 0 Å². The highest BCUT2D eigenvalue weighted by Crippen LogP contribution is 2.36. The van der Waals surface area contributed by atoms with Crippen LogP contribution in [0.4, 0.5) is 0 Å². The summed E-state index contributed by atoms with van der Waals surface area (Å²) in [6.45, 7) is 6.18. The first-order chi connectivity index (χ1) is 10.2. The van der Waals surface area contributed by atoms with E-state index in [9.17, 15) is 4.79 Å². The highest BCUT2D eigenvalue weighted by molar-refractivity contribution is 5.94. The third-order valence-electron chi connectivity index (χ3n) is 4.79. The van der Waals surface area contributed by atoms with Gasteiger partial charge >= 0.3 is 0 Å². The molecule has 2 heterocycles. The number of allylic oxidation sites excluding steroid dienone is 2. The van der Waals surface area contributed by atoms with Crippen LogP contribution in [0.15, 0.2) is 30.0 Å². The fourth-order valence-corrected chi connectivity index (χ4v) is 3.64. The van der Waals surface area contributed by atoms with Crippen LogP contribution >= 0.6 is 0 Å². The molecule has 1 saturated heterocycles. The van der Waals surface area contributed by atoms with Gasteiger partial charge < -0.3 is 4.90 Å². The van der Waals surface area contributed by atoms with Gasteiger partial charge in [0.25, 0.3) is 5.91 Å². The molecular formula is C18H24N2O. The fourth-order valence-electron chi connectivity index (χ4n) is 3.64. The molecular weight excluding hydrogens is 260 g/mol. The highest BCUT2D eigenvalue weighted by Gasteiger charge is 2.36. The van der Waals surface area contributed by atoms with Gasteiger partial charge in [-0.25, -0.2) is 0 Å². The molecule has 0 saturated carbocycles. The van der Waals surface area contributed by atoms with E-state index in [4.69, 9.17) is 0 Å². The van der Waals surface area contributed by atoms with E-state index in [0.717, 1.165) is 50.0 Å². The molecule has 0 unspecified atom stereocenters. The van der Waals surface area contributed by atoms with E-state index < -0.39 is 0 Å². The third-order valence-corrected chi connectivity index (χ3v) is 4.79. The summed E-state index contributed by atoms with van der Waals surface area (Å²) in [5.41, 5.74) is 3.31. The second-order valence-electron chi connectivity index (χ2n) is 6.51. The van der Waals surface area contributed by atoms with Gasteiger partial charge in [0.05, 0.1) is 0 Å². The van der Waals surface area contributed by atoms with Gasteiger partial charge in [-0.1, -0.05) is 25.0 Å². The van der Waals surface area contributed by atoms with Crippen molar-refractivity contribution in [2.45, 2.75) is 39.5 Å². The third kappa shape index (κ3) is 3.02. The number of pyridine rings is 1. The lowest BCUT2D eigenvalue weighted by Crippen LogP contribution is -2.29. The summed E-state index contributed by atoms with van der Waals surface area (Å²) in [7, 11) is 0. The van der Waals surface area contributed by atoms with E-state index in [1.807, 2.05) is 17.0 Å². The lowest BCUT2D eigenvalue weighted by atomic mass is 9.83. The zero-order valence-electron chi connectivity index (χ0n) is 13.0. The quantitative estimate of drug-likeness (QED) is 0.796. The minimum Gasteiger partial charge on any atom is -0.338 e. The Morgan fingerprint density at radius 1 is 1.38 bits per heavy atom. The fraction of sp³-hybridized carbons (Fsp3) is 0.556. The predicted octanol–water partition coefficient (Wildman–Crippen LogP) is 3.46. The highest BCUT2D eigenvalue weighted by atomic mass is 16.2. The Morgan fingerprint density at radius 2 is 2.19 bits per heavy atom. The van der Waals surface area contributed by atoms with Crippen molar-refractivity contribution in [3.63, 3.8) is 0 Å². The molecule has 1 aliphatic heterocycles. The lowest BCUT2D eigenvalue weighted by Gasteiger charge is -2.21. The Kier molecular flexibility index (Phi) is 4.09. The van der Waals surface area contributed by atoms with E-state index >= 15 is 0 Å². The van der Waals surface area contributed by atoms with Crippen molar-refractivity contribution in [3.05, 3.63) is 41.2 Å². The molecule has 1 aromatic heterocycles. The number of aromatic nitrogens is 1. The molecule has 1 aliphatic carbocycles. The molecule has 2 aliphatic rings.